The van der Waals surface area contributed by atoms with E-state index in [0.29, 0.717) is 50.8 Å². The number of aryl methyl sites for hydroxylation is 1. The number of thiazole rings is 1. The lowest BCUT2D eigenvalue weighted by molar-refractivity contribution is 0.249. The van der Waals surface area contributed by atoms with Crippen molar-refractivity contribution in [3.05, 3.63) is 257 Å². The van der Waals surface area contributed by atoms with Crippen LogP contribution < -0.4 is 37.3 Å². The number of aromatic nitrogens is 4. The largest absolute Gasteiger partial charge is 0.493 e. The Morgan fingerprint density at radius 3 is 1.46 bits per heavy atom. The highest BCUT2D eigenvalue weighted by molar-refractivity contribution is 7.19. The van der Waals surface area contributed by atoms with Crippen LogP contribution in [0.2, 0.25) is 0 Å². The van der Waals surface area contributed by atoms with Crippen molar-refractivity contribution >= 4 is 90.2 Å². The summed E-state index contributed by atoms with van der Waals surface area (Å²) in [6.45, 7) is 18.6. The van der Waals surface area contributed by atoms with Gasteiger partial charge in [-0.2, -0.15) is 5.26 Å². The third-order valence-electron chi connectivity index (χ3n) is 19.7. The highest BCUT2D eigenvalue weighted by Crippen LogP contribution is 2.39. The fourth-order valence-corrected chi connectivity index (χ4v) is 15.5. The molecule has 8 aromatic carbocycles. The van der Waals surface area contributed by atoms with E-state index < -0.39 is 13.7 Å². The number of nitriles is 1. The zero-order valence-electron chi connectivity index (χ0n) is 57.9. The van der Waals surface area contributed by atoms with Crippen molar-refractivity contribution < 1.29 is 9.15 Å². The van der Waals surface area contributed by atoms with Crippen molar-refractivity contribution in [3.63, 3.8) is 0 Å². The van der Waals surface area contributed by atoms with Crippen molar-refractivity contribution in [3.8, 4) is 34.3 Å². The average molecular weight is 1310 g/mol. The molecule has 0 bridgehead atoms. The zero-order valence-corrected chi connectivity index (χ0v) is 58.7. The van der Waals surface area contributed by atoms with Crippen molar-refractivity contribution in [1.82, 2.24) is 18.9 Å². The van der Waals surface area contributed by atoms with E-state index in [2.05, 4.69) is 223 Å². The molecule has 0 saturated heterocycles. The van der Waals surface area contributed by atoms with Crippen molar-refractivity contribution in [1.29, 1.82) is 5.26 Å². The molecule has 12 rings (SSSR count). The lowest BCUT2D eigenvalue weighted by atomic mass is 9.50. The van der Waals surface area contributed by atoms with Gasteiger partial charge in [0.2, 0.25) is 5.89 Å². The van der Waals surface area contributed by atoms with Gasteiger partial charge in [-0.3, -0.25) is 0 Å². The minimum absolute atomic E-state index is 0.202. The average Bonchev–Trinajstić information content (AvgIpc) is 1.52. The van der Waals surface area contributed by atoms with Crippen LogP contribution in [0.3, 0.4) is 0 Å². The predicted octanol–water partition coefficient (Wildman–Crippen LogP) is 19.3. The minimum Gasteiger partial charge on any atom is -0.493 e. The van der Waals surface area contributed by atoms with Gasteiger partial charge < -0.3 is 18.1 Å². The van der Waals surface area contributed by atoms with E-state index in [-0.39, 0.29) is 11.6 Å². The van der Waals surface area contributed by atoms with Gasteiger partial charge in [0.05, 0.1) is 34.1 Å². The number of hydrogen-bond acceptors (Lipinski definition) is 6. The molecule has 98 heavy (non-hydrogen) atoms. The number of fused-ring (bicyclic) bond motifs is 3. The number of hydrogen-bond donors (Lipinski definition) is 0. The summed E-state index contributed by atoms with van der Waals surface area (Å²) in [7, 11) is 0. The van der Waals surface area contributed by atoms with E-state index in [1.54, 1.807) is 0 Å². The number of nitrogens with zero attached hydrogens (tertiary/aromatic N) is 6. The fourth-order valence-electron chi connectivity index (χ4n) is 14.5. The maximum Gasteiger partial charge on any atom is 0.328 e. The van der Waals surface area contributed by atoms with Crippen LogP contribution >= 0.6 is 11.3 Å². The quantitative estimate of drug-likeness (QED) is 0.0228. The summed E-state index contributed by atoms with van der Waals surface area (Å²) in [5.74, 6) is 1.96. The molecular weight excluding hydrogens is 1210 g/mol. The van der Waals surface area contributed by atoms with Gasteiger partial charge in [0.25, 0.3) is 5.70 Å². The first-order chi connectivity index (χ1) is 48.3. The zero-order chi connectivity index (χ0) is 67.4. The molecule has 494 valence electrons. The van der Waals surface area contributed by atoms with E-state index in [1.165, 1.54) is 126 Å². The van der Waals surface area contributed by atoms with E-state index in [9.17, 15) is 11.8 Å². The minimum atomic E-state index is -0.541. The highest BCUT2D eigenvalue weighted by Gasteiger charge is 2.38. The van der Waals surface area contributed by atoms with Gasteiger partial charge in [0, 0.05) is 22.2 Å². The van der Waals surface area contributed by atoms with Crippen LogP contribution in [0.25, 0.3) is 70.7 Å². The Labute approximate surface area is 585 Å². The first-order valence-corrected chi connectivity index (χ1v) is 37.3. The Hall–Kier alpha value is -9.41. The first-order valence-electron chi connectivity index (χ1n) is 36.4. The molecule has 0 aliphatic heterocycles. The van der Waals surface area contributed by atoms with Gasteiger partial charge in [-0.25, -0.2) is 14.8 Å². The van der Waals surface area contributed by atoms with Crippen LogP contribution in [-0.4, -0.2) is 39.2 Å². The molecule has 0 aliphatic rings. The molecule has 0 amide bonds. The Bertz CT molecular complexity index is 4290. The first kappa shape index (κ1) is 68.5. The summed E-state index contributed by atoms with van der Waals surface area (Å²) < 4.78 is 19.4. The number of para-hydroxylation sites is 3. The molecule has 0 saturated carbocycles. The van der Waals surface area contributed by atoms with E-state index >= 15 is 0 Å². The second-order valence-corrected chi connectivity index (χ2v) is 28.1. The topological polar surface area (TPSA) is 86.2 Å². The van der Waals surface area contributed by atoms with Crippen LogP contribution in [0.1, 0.15) is 166 Å². The molecular formula is C87H92B2N6O2S. The molecule has 2 unspecified atom stereocenters. The maximum atomic E-state index is 12.5. The maximum absolute atomic E-state index is 12.5. The molecule has 0 aliphatic carbocycles. The summed E-state index contributed by atoms with van der Waals surface area (Å²) in [5.41, 5.74) is 11.5. The monoisotopic (exact) mass is 1310 g/mol. The fraction of sp³-hybridized carbons (Fsp3) is 0.310. The van der Waals surface area contributed by atoms with Gasteiger partial charge in [-0.1, -0.05) is 329 Å². The Morgan fingerprint density at radius 1 is 0.510 bits per heavy atom. The third kappa shape index (κ3) is 16.1. The molecule has 0 spiro atoms. The molecule has 4 aromatic heterocycles. The van der Waals surface area contributed by atoms with Gasteiger partial charge in [-0.15, -0.1) is 11.3 Å². The van der Waals surface area contributed by atoms with E-state index in [0.717, 1.165) is 90.4 Å². The summed E-state index contributed by atoms with van der Waals surface area (Å²) in [6.07, 6.45) is 25.3. The Kier molecular flexibility index (Phi) is 23.9. The summed E-state index contributed by atoms with van der Waals surface area (Å²) in [5, 5.41) is 16.0. The Morgan fingerprint density at radius 2 is 0.959 bits per heavy atom. The highest BCUT2D eigenvalue weighted by atomic mass is 32.1. The van der Waals surface area contributed by atoms with E-state index in [1.807, 2.05) is 42.5 Å². The van der Waals surface area contributed by atoms with Crippen molar-refractivity contribution in [2.75, 3.05) is 6.61 Å². The predicted molar refractivity (Wildman–Crippen MR) is 414 cm³/mol. The SMILES string of the molecule is [C-]#[N+]/C(c1nc2ccccc2o1)=c1\c2c(-c3ccc(CCC(C)CCCCCCCCCC)cc3)n(B(c3ccccc3)c3ccccc3)/c(=C(/C#N)c3nc4ccccc4s3)c2c(-c2ccc(OCC(C)CCCCCCCCCC)cc2)n1B(c1ccccc1)c1ccccc1. The number of ether oxygens (including phenoxy) is 1. The van der Waals surface area contributed by atoms with Gasteiger partial charge in [-0.05, 0) is 96.3 Å². The molecule has 4 heterocycles. The second-order valence-electron chi connectivity index (χ2n) is 27.1. The second kappa shape index (κ2) is 34.2. The number of rotatable bonds is 34. The number of oxazole rings is 1. The molecule has 12 aromatic rings. The van der Waals surface area contributed by atoms with Crippen LogP contribution in [-0.2, 0) is 6.42 Å². The molecule has 0 radical (unpaired) electrons. The number of unbranched alkanes of at least 4 members (excludes halogenated alkanes) is 14. The van der Waals surface area contributed by atoms with E-state index in [4.69, 9.17) is 19.1 Å². The third-order valence-corrected chi connectivity index (χ3v) is 20.8. The molecule has 11 heteroatoms. The normalized spacial score (nSPS) is 12.8. The molecule has 8 nitrogen and oxygen atoms in total. The van der Waals surface area contributed by atoms with Crippen LogP contribution in [0.5, 0.6) is 5.75 Å². The molecule has 0 fully saturated rings. The molecule has 2 atom stereocenters. The van der Waals surface area contributed by atoms with Crippen molar-refractivity contribution in [2.24, 2.45) is 11.8 Å². The van der Waals surface area contributed by atoms with Crippen LogP contribution in [0.4, 0.5) is 0 Å². The van der Waals surface area contributed by atoms with Gasteiger partial charge >= 0.3 is 13.7 Å². The summed E-state index contributed by atoms with van der Waals surface area (Å²) in [6, 6.07) is 79.2. The number of benzene rings is 8. The smallest absolute Gasteiger partial charge is 0.328 e. The van der Waals surface area contributed by atoms with Crippen LogP contribution in [0, 0.1) is 29.7 Å². The lowest BCUT2D eigenvalue weighted by Crippen LogP contribution is -2.54. The Balaban J connectivity index is 1.16. The lowest BCUT2D eigenvalue weighted by Gasteiger charge is -2.24. The summed E-state index contributed by atoms with van der Waals surface area (Å²) in [4.78, 5) is 15.3. The standard InChI is InChI=1S/C87H92B2N6O2S/c1-6-8-10-12-14-16-18-24-38-64(3)52-53-66-54-56-67(57-55-66)83-80-79(84(74(62-90)87-93-76-49-35-37-51-78(76)98-87)94(83)88(69-40-26-20-27-41-69)70-42-28-21-29-43-70)82(68-58-60-73(61-59-68)96-63-65(4)39-25-19-17-15-13-11-9-7-2)95(89(71-44-30-22-31-45-71)72-46-32-23-33-47-72)85(80)81(91-5)86-92-75-48-34-36-50-77(75)97-86/h20-23,26-37,40-51,54-61,64-65H,6-19,24-25,38-39,52-53,63H2,1-4H3/b84-74-,85-81+. The van der Waals surface area contributed by atoms with Crippen LogP contribution in [0.15, 0.2) is 223 Å². The van der Waals surface area contributed by atoms with Gasteiger partial charge in [0.1, 0.15) is 27.9 Å². The van der Waals surface area contributed by atoms with Crippen molar-refractivity contribution in [2.45, 2.75) is 156 Å². The molecule has 0 N–H and O–H groups in total. The summed E-state index contributed by atoms with van der Waals surface area (Å²) >= 11 is 1.53. The van der Waals surface area contributed by atoms with Gasteiger partial charge in [0.15, 0.2) is 5.58 Å².